The average Bonchev–Trinajstić information content (AvgIpc) is 3.48. The van der Waals surface area contributed by atoms with Crippen molar-refractivity contribution in [3.05, 3.63) is 173 Å². The van der Waals surface area contributed by atoms with Gasteiger partial charge in [0.15, 0.2) is 0 Å². The Kier molecular flexibility index (Phi) is 10.2. The number of pyridine rings is 3. The van der Waals surface area contributed by atoms with Crippen molar-refractivity contribution in [2.24, 2.45) is 0 Å². The van der Waals surface area contributed by atoms with Gasteiger partial charge in [-0.15, -0.1) is 54.1 Å². The van der Waals surface area contributed by atoms with E-state index in [2.05, 4.69) is 99.4 Å². The summed E-state index contributed by atoms with van der Waals surface area (Å²) in [4.78, 5) is 13.9. The molecule has 4 aromatic carbocycles. The van der Waals surface area contributed by atoms with Crippen LogP contribution in [0.1, 0.15) is 33.5 Å². The maximum Gasteiger partial charge on any atom is 0.216 e. The Hall–Kier alpha value is -5.22. The molecule has 0 N–H and O–H groups in total. The predicted molar refractivity (Wildman–Crippen MR) is 196 cm³/mol. The number of hydrogen-bond donors (Lipinski definition) is 0. The molecule has 0 amide bonds. The summed E-state index contributed by atoms with van der Waals surface area (Å²) in [5.74, 6) is 0. The topological polar surface area (TPSA) is 51.8 Å². The molecule has 1 radical (unpaired) electrons. The van der Waals surface area contributed by atoms with Crippen LogP contribution in [0.2, 0.25) is 0 Å². The Morgan fingerprint density at radius 1 is 0.653 bits per heavy atom. The molecule has 8 aromatic rings. The molecule has 0 atom stereocenters. The summed E-state index contributed by atoms with van der Waals surface area (Å²) in [5, 5.41) is 2.04. The third-order valence-electron chi connectivity index (χ3n) is 8.54. The summed E-state index contributed by atoms with van der Waals surface area (Å²) in [6.45, 7) is 8.62. The van der Waals surface area contributed by atoms with Gasteiger partial charge in [0.2, 0.25) is 5.71 Å². The Balaban J connectivity index is 0.000000270. The van der Waals surface area contributed by atoms with Crippen LogP contribution in [0.4, 0.5) is 0 Å². The van der Waals surface area contributed by atoms with Crippen LogP contribution in [0.25, 0.3) is 55.7 Å². The summed E-state index contributed by atoms with van der Waals surface area (Å²) in [7, 11) is 0. The van der Waals surface area contributed by atoms with Crippen LogP contribution in [0.15, 0.2) is 132 Å². The third-order valence-corrected chi connectivity index (χ3v) is 8.54. The largest absolute Gasteiger partial charge is 0.486 e. The van der Waals surface area contributed by atoms with Gasteiger partial charge in [-0.1, -0.05) is 77.2 Å². The zero-order valence-corrected chi connectivity index (χ0v) is 30.3. The van der Waals surface area contributed by atoms with E-state index in [1.165, 1.54) is 33.4 Å². The fourth-order valence-electron chi connectivity index (χ4n) is 6.36. The van der Waals surface area contributed by atoms with Gasteiger partial charge in [-0.05, 0) is 90.7 Å². The molecule has 0 bridgehead atoms. The van der Waals surface area contributed by atoms with Gasteiger partial charge in [0.1, 0.15) is 0 Å². The number of nitrogens with zero attached hydrogens (tertiary/aromatic N) is 3. The zero-order valence-electron chi connectivity index (χ0n) is 27.9. The van der Waals surface area contributed by atoms with Crippen molar-refractivity contribution in [2.45, 2.75) is 34.1 Å². The van der Waals surface area contributed by atoms with Crippen molar-refractivity contribution in [3.63, 3.8) is 0 Å². The molecule has 243 valence electrons. The number of aromatic nitrogens is 3. The predicted octanol–water partition coefficient (Wildman–Crippen LogP) is 10.9. The van der Waals surface area contributed by atoms with Gasteiger partial charge in [0.25, 0.3) is 0 Å². The molecule has 5 heteroatoms. The molecule has 0 unspecified atom stereocenters. The van der Waals surface area contributed by atoms with Crippen molar-refractivity contribution >= 4 is 22.1 Å². The Morgan fingerprint density at radius 2 is 1.43 bits per heavy atom. The van der Waals surface area contributed by atoms with Gasteiger partial charge >= 0.3 is 0 Å². The van der Waals surface area contributed by atoms with E-state index in [0.717, 1.165) is 56.5 Å². The molecular formula is C44H35IrN3O-2. The molecule has 0 saturated heterocycles. The molecule has 0 aliphatic carbocycles. The molecular weight excluding hydrogens is 779 g/mol. The average molecular weight is 814 g/mol. The van der Waals surface area contributed by atoms with E-state index in [-0.39, 0.29) is 20.1 Å². The van der Waals surface area contributed by atoms with Crippen molar-refractivity contribution in [3.8, 4) is 33.6 Å². The maximum absolute atomic E-state index is 6.37. The van der Waals surface area contributed by atoms with Crippen LogP contribution >= 0.6 is 0 Å². The van der Waals surface area contributed by atoms with Gasteiger partial charge in [-0.2, -0.15) is 0 Å². The molecule has 0 aliphatic rings. The number of hydrogen-bond acceptors (Lipinski definition) is 4. The molecule has 0 saturated carbocycles. The number of furan rings is 1. The van der Waals surface area contributed by atoms with Crippen LogP contribution < -0.4 is 0 Å². The summed E-state index contributed by atoms with van der Waals surface area (Å²) in [5.41, 5.74) is 14.8. The van der Waals surface area contributed by atoms with E-state index in [4.69, 9.17) is 14.4 Å². The molecule has 0 aliphatic heterocycles. The molecule has 0 spiro atoms. The smallest absolute Gasteiger partial charge is 0.216 e. The third kappa shape index (κ3) is 7.29. The van der Waals surface area contributed by atoms with Gasteiger partial charge in [-0.25, -0.2) is 4.98 Å². The summed E-state index contributed by atoms with van der Waals surface area (Å²) in [6, 6.07) is 45.5. The van der Waals surface area contributed by atoms with Crippen LogP contribution in [-0.2, 0) is 26.5 Å². The minimum atomic E-state index is 0. The monoisotopic (exact) mass is 814 g/mol. The first kappa shape index (κ1) is 33.7. The van der Waals surface area contributed by atoms with E-state index in [0.29, 0.717) is 5.71 Å². The first-order valence-electron chi connectivity index (χ1n) is 16.1. The quantitative estimate of drug-likeness (QED) is 0.162. The van der Waals surface area contributed by atoms with E-state index in [1.807, 2.05) is 66.9 Å². The molecule has 0 fully saturated rings. The molecule has 4 heterocycles. The fraction of sp³-hybridized carbons (Fsp3) is 0.114. The standard InChI is InChI=1S/C33H27N2O.C11H8N.Ir/c1-20-15-21(2)31(22(3)16-20)29-18-30(34-19-23(29)4)28-12-8-11-26-27-14-13-25(35-33(27)36-32(26)28)17-24-9-6-5-7-10-24;1-2-6-10(7-3-1)11-8-4-5-9-12-11;/h5-11,13-16,18-19H,17H2,1-4H3;1-6,8-9H;/q2*-1;. The normalized spacial score (nSPS) is 10.8. The fourth-order valence-corrected chi connectivity index (χ4v) is 6.36. The molecule has 4 nitrogen and oxygen atoms in total. The van der Waals surface area contributed by atoms with Gasteiger partial charge in [-0.3, -0.25) is 0 Å². The number of fused-ring (bicyclic) bond motifs is 3. The second-order valence-corrected chi connectivity index (χ2v) is 12.2. The number of rotatable bonds is 5. The maximum atomic E-state index is 6.37. The van der Waals surface area contributed by atoms with Gasteiger partial charge < -0.3 is 14.4 Å². The Morgan fingerprint density at radius 3 is 2.16 bits per heavy atom. The van der Waals surface area contributed by atoms with E-state index in [9.17, 15) is 0 Å². The summed E-state index contributed by atoms with van der Waals surface area (Å²) in [6.07, 6.45) is 4.51. The minimum absolute atomic E-state index is 0. The first-order chi connectivity index (χ1) is 23.4. The first-order valence-corrected chi connectivity index (χ1v) is 16.1. The summed E-state index contributed by atoms with van der Waals surface area (Å²) >= 11 is 0. The molecule has 8 rings (SSSR count). The van der Waals surface area contributed by atoms with Gasteiger partial charge in [0, 0.05) is 50.0 Å². The van der Waals surface area contributed by atoms with Crippen molar-refractivity contribution in [1.82, 2.24) is 15.0 Å². The van der Waals surface area contributed by atoms with Crippen LogP contribution in [-0.4, -0.2) is 15.0 Å². The molecule has 4 aromatic heterocycles. The van der Waals surface area contributed by atoms with E-state index >= 15 is 0 Å². The van der Waals surface area contributed by atoms with Crippen LogP contribution in [0, 0.1) is 39.8 Å². The SMILES string of the molecule is Cc1cc(C)c(-c2cc(-c3[c-]ccc4c3oc3nc(Cc5ccccc5)ccc34)ncc2C)c(C)c1.[Ir].[c-]1ccccc1-c1ccccn1. The van der Waals surface area contributed by atoms with E-state index < -0.39 is 0 Å². The number of benzene rings is 4. The zero-order chi connectivity index (χ0) is 33.0. The van der Waals surface area contributed by atoms with Crippen molar-refractivity contribution in [1.29, 1.82) is 0 Å². The second-order valence-electron chi connectivity index (χ2n) is 12.2. The minimum Gasteiger partial charge on any atom is -0.486 e. The van der Waals surface area contributed by atoms with Crippen LogP contribution in [0.3, 0.4) is 0 Å². The number of aryl methyl sites for hydroxylation is 4. The molecule has 49 heavy (non-hydrogen) atoms. The van der Waals surface area contributed by atoms with Crippen molar-refractivity contribution in [2.75, 3.05) is 0 Å². The van der Waals surface area contributed by atoms with E-state index in [1.54, 1.807) is 6.20 Å². The Labute approximate surface area is 301 Å². The Bertz CT molecular complexity index is 2290. The van der Waals surface area contributed by atoms with Gasteiger partial charge in [0.05, 0.1) is 5.58 Å². The van der Waals surface area contributed by atoms with Crippen molar-refractivity contribution < 1.29 is 24.5 Å². The second kappa shape index (κ2) is 14.9. The summed E-state index contributed by atoms with van der Waals surface area (Å²) < 4.78 is 6.37. The van der Waals surface area contributed by atoms with Crippen LogP contribution in [0.5, 0.6) is 0 Å².